The largest absolute Gasteiger partial charge is 0.394 e. The summed E-state index contributed by atoms with van der Waals surface area (Å²) in [5.41, 5.74) is 30.4. The van der Waals surface area contributed by atoms with Crippen molar-refractivity contribution in [2.24, 2.45) is 28.7 Å². The summed E-state index contributed by atoms with van der Waals surface area (Å²) in [6.45, 7) is -1.15. The number of benzene rings is 1. The fraction of sp³-hybridized carbons (Fsp3) is 0.767. The second kappa shape index (κ2) is 17.3. The molecule has 51 heavy (non-hydrogen) atoms. The van der Waals surface area contributed by atoms with Crippen LogP contribution in [0.25, 0.3) is 0 Å². The van der Waals surface area contributed by atoms with Crippen molar-refractivity contribution in [2.45, 2.75) is 123 Å². The molecule has 21 nitrogen and oxygen atoms in total. The summed E-state index contributed by atoms with van der Waals surface area (Å²) in [7, 11) is 0. The molecule has 19 atom stereocenters. The van der Waals surface area contributed by atoms with E-state index in [0.717, 1.165) is 0 Å². The van der Waals surface area contributed by atoms with Crippen molar-refractivity contribution in [3.63, 3.8) is 0 Å². The third kappa shape index (κ3) is 8.62. The standard InChI is InChI=1S/C30H51N7O14/c31-7-13-19(40)21(42)16(35)27(46-13)49-24-12(34)6-11(33)18(39)26(24)51-29-23(44)25(15(9-38)48-29)50-28-17(22(43)20(41)14(8-32)47-28)37-30(45)36-10-4-2-1-3-5-10/h1-5,11-29,38-44H,6-9,31-35H2,(H2,36,37,45)/t11-,12?,13?,14?,15-,16?,17?,18?,19-,20-,21-,22+,23+,24-,25?,26-,27-,28-,29+/m1/s1. The fourth-order valence-electron chi connectivity index (χ4n) is 6.71. The number of anilines is 1. The Hall–Kier alpha value is -2.23. The Morgan fingerprint density at radius 3 is 1.88 bits per heavy atom. The van der Waals surface area contributed by atoms with Crippen LogP contribution in [0.5, 0.6) is 0 Å². The van der Waals surface area contributed by atoms with Crippen LogP contribution in [0.15, 0.2) is 30.3 Å². The first kappa shape index (κ1) is 40.0. The zero-order valence-corrected chi connectivity index (χ0v) is 27.6. The van der Waals surface area contributed by atoms with E-state index in [2.05, 4.69) is 10.6 Å². The number of rotatable bonds is 11. The molecule has 19 N–H and O–H groups in total. The van der Waals surface area contributed by atoms with Crippen LogP contribution in [0.3, 0.4) is 0 Å². The van der Waals surface area contributed by atoms with Gasteiger partial charge in [0.05, 0.1) is 18.8 Å². The number of amides is 2. The van der Waals surface area contributed by atoms with Crippen molar-refractivity contribution in [1.29, 1.82) is 0 Å². The van der Waals surface area contributed by atoms with Crippen LogP contribution in [0, 0.1) is 0 Å². The summed E-state index contributed by atoms with van der Waals surface area (Å²) in [5.74, 6) is 0. The lowest BCUT2D eigenvalue weighted by Gasteiger charge is -2.47. The van der Waals surface area contributed by atoms with Crippen LogP contribution >= 0.6 is 0 Å². The maximum absolute atomic E-state index is 12.9. The normalized spacial score (nSPS) is 46.1. The maximum atomic E-state index is 12.9. The molecule has 1 saturated carbocycles. The third-order valence-corrected chi connectivity index (χ3v) is 9.65. The average Bonchev–Trinajstić information content (AvgIpc) is 3.41. The summed E-state index contributed by atoms with van der Waals surface area (Å²) < 4.78 is 35.4. The molecule has 2 amide bonds. The molecule has 3 saturated heterocycles. The van der Waals surface area contributed by atoms with Gasteiger partial charge in [-0.05, 0) is 18.6 Å². The monoisotopic (exact) mass is 733 g/mol. The number of aliphatic hydroxyl groups is 7. The summed E-state index contributed by atoms with van der Waals surface area (Å²) in [6.07, 6.45) is -21.2. The maximum Gasteiger partial charge on any atom is 0.319 e. The zero-order valence-electron chi connectivity index (χ0n) is 27.6. The number of ether oxygens (including phenoxy) is 6. The molecular weight excluding hydrogens is 682 g/mol. The molecular formula is C30H51N7O14. The number of hydrogen-bond acceptors (Lipinski definition) is 19. The van der Waals surface area contributed by atoms with Gasteiger partial charge in [-0.25, -0.2) is 4.79 Å². The van der Waals surface area contributed by atoms with E-state index in [4.69, 9.17) is 57.1 Å². The van der Waals surface area contributed by atoms with Gasteiger partial charge in [0.1, 0.15) is 73.2 Å². The van der Waals surface area contributed by atoms with E-state index >= 15 is 0 Å². The van der Waals surface area contributed by atoms with Crippen LogP contribution in [0.2, 0.25) is 0 Å². The highest BCUT2D eigenvalue weighted by molar-refractivity contribution is 5.89. The Bertz CT molecular complexity index is 1260. The van der Waals surface area contributed by atoms with E-state index in [1.807, 2.05) is 0 Å². The third-order valence-electron chi connectivity index (χ3n) is 9.65. The van der Waals surface area contributed by atoms with Gasteiger partial charge in [-0.3, -0.25) is 0 Å². The SMILES string of the molecule is NCC1O[C@H](O[C@@H]2C(N)C[C@@H](N)C(O)[C@H]2O[C@@H]2O[C@H](CO)C(O[C@H]3OC(CN)[C@@H](O)[C@@H](O)C3NC(=O)Nc3ccccc3)[C@@H]2O)C(N)[C@@H](O)[C@@H]1O. The minimum absolute atomic E-state index is 0.0555. The molecule has 0 aromatic heterocycles. The van der Waals surface area contributed by atoms with Gasteiger partial charge < -0.3 is 103 Å². The number of aliphatic hydroxyl groups excluding tert-OH is 7. The molecule has 1 aliphatic carbocycles. The Kier molecular flexibility index (Phi) is 13.5. The molecule has 0 spiro atoms. The first-order valence-electron chi connectivity index (χ1n) is 16.7. The van der Waals surface area contributed by atoms with Crippen molar-refractivity contribution >= 4 is 11.7 Å². The zero-order chi connectivity index (χ0) is 37.1. The molecule has 0 radical (unpaired) electrons. The molecule has 1 aromatic carbocycles. The number of nitrogens with two attached hydrogens (primary N) is 5. The quantitative estimate of drug-likeness (QED) is 0.100. The summed E-state index contributed by atoms with van der Waals surface area (Å²) >= 11 is 0. The number of carbonyl (C=O) groups excluding carboxylic acids is 1. The predicted octanol–water partition coefficient (Wildman–Crippen LogP) is -7.03. The highest BCUT2D eigenvalue weighted by Crippen LogP contribution is 2.34. The van der Waals surface area contributed by atoms with Crippen molar-refractivity contribution in [3.8, 4) is 0 Å². The number of para-hydroxylation sites is 1. The first-order chi connectivity index (χ1) is 24.3. The van der Waals surface area contributed by atoms with Gasteiger partial charge in [-0.1, -0.05) is 18.2 Å². The molecule has 7 unspecified atom stereocenters. The van der Waals surface area contributed by atoms with Crippen LogP contribution in [0.1, 0.15) is 6.42 Å². The van der Waals surface area contributed by atoms with Crippen LogP contribution in [-0.4, -0.2) is 178 Å². The van der Waals surface area contributed by atoms with Gasteiger partial charge in [-0.15, -0.1) is 0 Å². The molecule has 3 aliphatic heterocycles. The number of urea groups is 1. The fourth-order valence-corrected chi connectivity index (χ4v) is 6.71. The second-order valence-corrected chi connectivity index (χ2v) is 13.2. The topological polar surface area (TPSA) is 368 Å². The van der Waals surface area contributed by atoms with Crippen molar-refractivity contribution in [1.82, 2.24) is 5.32 Å². The van der Waals surface area contributed by atoms with Gasteiger partial charge in [-0.2, -0.15) is 0 Å². The summed E-state index contributed by atoms with van der Waals surface area (Å²) in [6, 6.07) is 3.11. The lowest BCUT2D eigenvalue weighted by molar-refractivity contribution is -0.307. The van der Waals surface area contributed by atoms with E-state index < -0.39 is 129 Å². The molecule has 0 bridgehead atoms. The second-order valence-electron chi connectivity index (χ2n) is 13.2. The Morgan fingerprint density at radius 1 is 0.686 bits per heavy atom. The molecule has 4 aliphatic rings. The Balaban J connectivity index is 1.32. The van der Waals surface area contributed by atoms with Gasteiger partial charge in [0.25, 0.3) is 0 Å². The van der Waals surface area contributed by atoms with Crippen LogP contribution in [-0.2, 0) is 28.4 Å². The number of nitrogens with one attached hydrogen (secondary N) is 2. The Labute approximate surface area is 292 Å². The van der Waals surface area contributed by atoms with E-state index in [0.29, 0.717) is 5.69 Å². The van der Waals surface area contributed by atoms with Crippen molar-refractivity contribution in [3.05, 3.63) is 30.3 Å². The molecule has 21 heteroatoms. The molecule has 290 valence electrons. The lowest BCUT2D eigenvalue weighted by atomic mass is 9.84. The number of carbonyl (C=O) groups is 1. The van der Waals surface area contributed by atoms with E-state index in [1.54, 1.807) is 30.3 Å². The summed E-state index contributed by atoms with van der Waals surface area (Å²) in [5, 5.41) is 80.2. The Morgan fingerprint density at radius 2 is 1.25 bits per heavy atom. The van der Waals surface area contributed by atoms with E-state index in [1.165, 1.54) is 0 Å². The first-order valence-corrected chi connectivity index (χ1v) is 16.7. The van der Waals surface area contributed by atoms with Crippen LogP contribution < -0.4 is 39.3 Å². The van der Waals surface area contributed by atoms with E-state index in [9.17, 15) is 40.5 Å². The van der Waals surface area contributed by atoms with Gasteiger partial charge in [0, 0.05) is 30.9 Å². The predicted molar refractivity (Wildman–Crippen MR) is 173 cm³/mol. The average molecular weight is 734 g/mol. The minimum atomic E-state index is -1.71. The minimum Gasteiger partial charge on any atom is -0.394 e. The van der Waals surface area contributed by atoms with Gasteiger partial charge >= 0.3 is 6.03 Å². The van der Waals surface area contributed by atoms with Crippen LogP contribution in [0.4, 0.5) is 10.5 Å². The lowest BCUT2D eigenvalue weighted by Crippen LogP contribution is -2.68. The van der Waals surface area contributed by atoms with Gasteiger partial charge in [0.2, 0.25) is 0 Å². The molecule has 3 heterocycles. The highest BCUT2D eigenvalue weighted by atomic mass is 16.8. The number of hydrogen-bond donors (Lipinski definition) is 14. The van der Waals surface area contributed by atoms with E-state index in [-0.39, 0.29) is 19.5 Å². The smallest absolute Gasteiger partial charge is 0.319 e. The summed E-state index contributed by atoms with van der Waals surface area (Å²) in [4.78, 5) is 12.9. The highest BCUT2D eigenvalue weighted by Gasteiger charge is 2.55. The van der Waals surface area contributed by atoms with Gasteiger partial charge in [0.15, 0.2) is 18.9 Å². The molecule has 1 aromatic rings. The molecule has 4 fully saturated rings. The molecule has 5 rings (SSSR count). The van der Waals surface area contributed by atoms with Crippen molar-refractivity contribution < 1.29 is 69.0 Å². The van der Waals surface area contributed by atoms with Crippen molar-refractivity contribution in [2.75, 3.05) is 25.0 Å².